The summed E-state index contributed by atoms with van der Waals surface area (Å²) in [4.78, 5) is 5.16. The Morgan fingerprint density at radius 3 is 1.65 bits per heavy atom. The first-order valence-electron chi connectivity index (χ1n) is 23.1. The van der Waals surface area contributed by atoms with Gasteiger partial charge >= 0.3 is 6.85 Å². The van der Waals surface area contributed by atoms with Gasteiger partial charge in [-0.25, -0.2) is 0 Å². The molecule has 8 aromatic carbocycles. The van der Waals surface area contributed by atoms with Crippen LogP contribution in [0.4, 0.5) is 28.4 Å². The maximum atomic E-state index is 7.14. The molecule has 0 saturated heterocycles. The van der Waals surface area contributed by atoms with Gasteiger partial charge in [-0.15, -0.1) is 0 Å². The van der Waals surface area contributed by atoms with Crippen molar-refractivity contribution >= 4 is 90.1 Å². The average Bonchev–Trinajstić information content (AvgIpc) is 3.85. The molecule has 65 heavy (non-hydrogen) atoms. The van der Waals surface area contributed by atoms with Crippen LogP contribution < -0.4 is 20.6 Å². The number of hydrogen-bond acceptors (Lipinski definition) is 4. The van der Waals surface area contributed by atoms with Gasteiger partial charge in [0.05, 0.1) is 5.69 Å². The molecule has 0 spiro atoms. The molecule has 0 saturated carbocycles. The van der Waals surface area contributed by atoms with Gasteiger partial charge in [0.25, 0.3) is 0 Å². The largest absolute Gasteiger partial charge is 0.456 e. The van der Waals surface area contributed by atoms with E-state index in [1.807, 2.05) is 0 Å². The standard InChI is InChI=1S/C60H53BN2O2/c1-58(2,3)37-23-27-40(28-24-37)63-49-30-26-39(60(7,8)9)32-46(49)55-56-51(34-45-42-20-14-16-22-53(42)65-57(45)55)62(48-29-25-38(59(4,5)6)31-43(48)36-17-11-10-12-18-36)50-35-54-44(33-47(50)61(56)63)41-19-13-15-21-52(41)64-54/h10-35H,1-9H3. The van der Waals surface area contributed by atoms with Crippen molar-refractivity contribution < 1.29 is 8.83 Å². The molecular weight excluding hydrogens is 791 g/mol. The van der Waals surface area contributed by atoms with Crippen molar-refractivity contribution in [2.75, 3.05) is 9.71 Å². The number of benzene rings is 8. The fourth-order valence-electron chi connectivity index (χ4n) is 10.6. The van der Waals surface area contributed by atoms with E-state index >= 15 is 0 Å². The van der Waals surface area contributed by atoms with Crippen LogP contribution >= 0.6 is 0 Å². The van der Waals surface area contributed by atoms with E-state index in [-0.39, 0.29) is 23.1 Å². The lowest BCUT2D eigenvalue weighted by Gasteiger charge is -2.46. The second-order valence-electron chi connectivity index (χ2n) is 21.4. The Labute approximate surface area is 382 Å². The first-order chi connectivity index (χ1) is 31.1. The van der Waals surface area contributed by atoms with Gasteiger partial charge in [-0.1, -0.05) is 159 Å². The van der Waals surface area contributed by atoms with Crippen LogP contribution in [-0.2, 0) is 16.2 Å². The van der Waals surface area contributed by atoms with E-state index in [0.717, 1.165) is 77.9 Å². The van der Waals surface area contributed by atoms with Gasteiger partial charge in [0.15, 0.2) is 0 Å². The molecular formula is C60H53BN2O2. The SMILES string of the molecule is CC(C)(C)c1ccc(N2B3c4cc5c(cc4N(c4ccc(C(C)(C)C)cc4-c4ccccc4)c4cc6c(oc7ccccc76)c(c43)-c3cc(C(C)(C)C)ccc32)oc2ccccc25)cc1. The summed E-state index contributed by atoms with van der Waals surface area (Å²) in [5, 5.41) is 4.44. The van der Waals surface area contributed by atoms with E-state index in [2.05, 4.69) is 230 Å². The number of rotatable bonds is 3. The van der Waals surface area contributed by atoms with Gasteiger partial charge in [-0.05, 0) is 104 Å². The molecule has 5 heteroatoms. The Balaban J connectivity index is 1.28. The maximum Gasteiger partial charge on any atom is 0.333 e. The summed E-state index contributed by atoms with van der Waals surface area (Å²) in [5.74, 6) is 0. The van der Waals surface area contributed by atoms with E-state index < -0.39 is 0 Å². The van der Waals surface area contributed by atoms with Crippen molar-refractivity contribution in [3.8, 4) is 22.3 Å². The molecule has 12 rings (SSSR count). The smallest absolute Gasteiger partial charge is 0.333 e. The van der Waals surface area contributed by atoms with Crippen LogP contribution in [0.15, 0.2) is 167 Å². The molecule has 0 N–H and O–H groups in total. The zero-order valence-electron chi connectivity index (χ0n) is 38.8. The highest BCUT2D eigenvalue weighted by Gasteiger charge is 2.47. The fourth-order valence-corrected chi connectivity index (χ4v) is 10.6. The topological polar surface area (TPSA) is 32.8 Å². The van der Waals surface area contributed by atoms with E-state index in [0.29, 0.717) is 0 Å². The number of para-hydroxylation sites is 2. The quantitative estimate of drug-likeness (QED) is 0.166. The van der Waals surface area contributed by atoms with Crippen LogP contribution in [0.2, 0.25) is 0 Å². The van der Waals surface area contributed by atoms with Crippen molar-refractivity contribution in [2.45, 2.75) is 78.6 Å². The number of hydrogen-bond donors (Lipinski definition) is 0. The average molecular weight is 845 g/mol. The first-order valence-corrected chi connectivity index (χ1v) is 23.1. The lowest BCUT2D eigenvalue weighted by atomic mass is 9.43. The molecule has 318 valence electrons. The normalized spacial score (nSPS) is 13.8. The van der Waals surface area contributed by atoms with Crippen LogP contribution in [0.25, 0.3) is 66.1 Å². The highest BCUT2D eigenvalue weighted by Crippen LogP contribution is 2.53. The second kappa shape index (κ2) is 13.8. The maximum absolute atomic E-state index is 7.14. The van der Waals surface area contributed by atoms with Crippen molar-refractivity contribution in [1.82, 2.24) is 0 Å². The molecule has 0 aliphatic carbocycles. The number of nitrogens with zero attached hydrogens (tertiary/aromatic N) is 2. The summed E-state index contributed by atoms with van der Waals surface area (Å²) in [5.41, 5.74) is 20.1. The minimum Gasteiger partial charge on any atom is -0.456 e. The minimum absolute atomic E-state index is 0.0114. The summed E-state index contributed by atoms with van der Waals surface area (Å²) in [7, 11) is 0. The fraction of sp³-hybridized carbons (Fsp3) is 0.200. The predicted octanol–water partition coefficient (Wildman–Crippen LogP) is 15.8. The Bertz CT molecular complexity index is 3560. The highest BCUT2D eigenvalue weighted by molar-refractivity contribution is 6.94. The molecule has 0 bridgehead atoms. The summed E-state index contributed by atoms with van der Waals surface area (Å²) in [6.45, 7) is 20.5. The molecule has 4 nitrogen and oxygen atoms in total. The van der Waals surface area contributed by atoms with Crippen LogP contribution in [0.3, 0.4) is 0 Å². The molecule has 4 heterocycles. The zero-order valence-corrected chi connectivity index (χ0v) is 38.8. The van der Waals surface area contributed by atoms with Gasteiger partial charge in [0.1, 0.15) is 22.3 Å². The van der Waals surface area contributed by atoms with Crippen LogP contribution in [-0.4, -0.2) is 6.85 Å². The number of fused-ring (bicyclic) bond motifs is 11. The summed E-state index contributed by atoms with van der Waals surface area (Å²) in [6.07, 6.45) is 0. The van der Waals surface area contributed by atoms with Crippen LogP contribution in [0.1, 0.15) is 79.0 Å². The van der Waals surface area contributed by atoms with Crippen molar-refractivity contribution in [2.24, 2.45) is 0 Å². The molecule has 0 atom stereocenters. The molecule has 2 aliphatic heterocycles. The van der Waals surface area contributed by atoms with Crippen LogP contribution in [0.5, 0.6) is 0 Å². The van der Waals surface area contributed by atoms with Crippen molar-refractivity contribution in [1.29, 1.82) is 0 Å². The Hall–Kier alpha value is -6.98. The predicted molar refractivity (Wildman–Crippen MR) is 276 cm³/mol. The van der Waals surface area contributed by atoms with Gasteiger partial charge in [-0.3, -0.25) is 0 Å². The van der Waals surface area contributed by atoms with Gasteiger partial charge in [0, 0.05) is 67.1 Å². The van der Waals surface area contributed by atoms with E-state index in [9.17, 15) is 0 Å². The summed E-state index contributed by atoms with van der Waals surface area (Å²) >= 11 is 0. The molecule has 2 aliphatic rings. The third kappa shape index (κ3) is 6.04. The van der Waals surface area contributed by atoms with Crippen LogP contribution in [0, 0.1) is 0 Å². The van der Waals surface area contributed by atoms with Crippen molar-refractivity contribution in [3.05, 3.63) is 174 Å². The van der Waals surface area contributed by atoms with Gasteiger partial charge in [0.2, 0.25) is 0 Å². The molecule has 0 radical (unpaired) electrons. The Kier molecular flexibility index (Phi) is 8.39. The third-order valence-corrected chi connectivity index (χ3v) is 14.1. The lowest BCUT2D eigenvalue weighted by molar-refractivity contribution is 0.590. The van der Waals surface area contributed by atoms with E-state index in [1.165, 1.54) is 44.3 Å². The molecule has 2 aromatic heterocycles. The molecule has 0 unspecified atom stereocenters. The second-order valence-corrected chi connectivity index (χ2v) is 21.4. The molecule has 10 aromatic rings. The molecule has 0 amide bonds. The highest BCUT2D eigenvalue weighted by atomic mass is 16.3. The third-order valence-electron chi connectivity index (χ3n) is 14.1. The number of furan rings is 2. The van der Waals surface area contributed by atoms with Gasteiger partial charge < -0.3 is 18.5 Å². The summed E-state index contributed by atoms with van der Waals surface area (Å²) < 4.78 is 13.9. The Morgan fingerprint density at radius 1 is 0.415 bits per heavy atom. The van der Waals surface area contributed by atoms with Crippen molar-refractivity contribution in [3.63, 3.8) is 0 Å². The Morgan fingerprint density at radius 2 is 0.985 bits per heavy atom. The monoisotopic (exact) mass is 844 g/mol. The zero-order chi connectivity index (χ0) is 44.7. The van der Waals surface area contributed by atoms with E-state index in [1.54, 1.807) is 0 Å². The lowest BCUT2D eigenvalue weighted by Crippen LogP contribution is -2.61. The summed E-state index contributed by atoms with van der Waals surface area (Å²) in [6, 6.07) is 58.7. The minimum atomic E-state index is -0.218. The molecule has 0 fully saturated rings. The number of anilines is 5. The first kappa shape index (κ1) is 39.6. The van der Waals surface area contributed by atoms with Gasteiger partial charge in [-0.2, -0.15) is 0 Å². The van der Waals surface area contributed by atoms with E-state index in [4.69, 9.17) is 8.83 Å².